The molecule has 0 bridgehead atoms. The van der Waals surface area contributed by atoms with Gasteiger partial charge < -0.3 is 19.9 Å². The first-order valence-electron chi connectivity index (χ1n) is 10.7. The molecule has 34 heavy (non-hydrogen) atoms. The molecule has 182 valence electrons. The van der Waals surface area contributed by atoms with E-state index in [2.05, 4.69) is 10.3 Å². The zero-order valence-electron chi connectivity index (χ0n) is 19.0. The van der Waals surface area contributed by atoms with Crippen LogP contribution in [-0.2, 0) is 22.6 Å². The number of fused-ring (bicyclic) bond motifs is 1. The lowest BCUT2D eigenvalue weighted by Gasteiger charge is -2.12. The number of nitrogens with zero attached hydrogens (tertiary/aromatic N) is 2. The number of carboxylic acid groups (broad SMARTS) is 1. The van der Waals surface area contributed by atoms with Crippen LogP contribution in [0.1, 0.15) is 24.8 Å². The minimum absolute atomic E-state index is 0.0500. The number of benzene rings is 1. The highest BCUT2D eigenvalue weighted by Crippen LogP contribution is 2.27. The van der Waals surface area contributed by atoms with Crippen LogP contribution in [0, 0.1) is 0 Å². The number of thiophene rings is 1. The molecule has 1 aromatic carbocycles. The standard InChI is InChI=1S/C23H27N3O6S2/c1-31-17-7-6-15(13-18(17)32-2)8-10-24-19(27)14-34-23-25-16-9-12-33-21(16)22(30)26(23)11-4-3-5-20(28)29/h6-7,9,12-13H,3-5,8,10-11,14H2,1-2H3,(H,24,27)(H,28,29). The largest absolute Gasteiger partial charge is 0.493 e. The number of hydrogen-bond acceptors (Lipinski definition) is 8. The molecule has 0 unspecified atom stereocenters. The molecular formula is C23H27N3O6S2. The van der Waals surface area contributed by atoms with E-state index in [1.165, 1.54) is 23.1 Å². The Morgan fingerprint density at radius 1 is 1.18 bits per heavy atom. The lowest BCUT2D eigenvalue weighted by atomic mass is 10.1. The number of hydrogen-bond donors (Lipinski definition) is 2. The summed E-state index contributed by atoms with van der Waals surface area (Å²) >= 11 is 2.52. The first-order chi connectivity index (χ1) is 16.4. The van der Waals surface area contributed by atoms with E-state index in [4.69, 9.17) is 14.6 Å². The summed E-state index contributed by atoms with van der Waals surface area (Å²) in [5.41, 5.74) is 1.45. The second-order valence-corrected chi connectivity index (χ2v) is 9.27. The van der Waals surface area contributed by atoms with E-state index in [9.17, 15) is 14.4 Å². The molecule has 2 heterocycles. The van der Waals surface area contributed by atoms with Gasteiger partial charge >= 0.3 is 5.97 Å². The van der Waals surface area contributed by atoms with Crippen molar-refractivity contribution >= 4 is 45.2 Å². The van der Waals surface area contributed by atoms with Crippen molar-refractivity contribution in [2.75, 3.05) is 26.5 Å². The summed E-state index contributed by atoms with van der Waals surface area (Å²) in [7, 11) is 3.16. The number of rotatable bonds is 13. The molecule has 0 saturated carbocycles. The van der Waals surface area contributed by atoms with Gasteiger partial charge in [0.25, 0.3) is 5.56 Å². The van der Waals surface area contributed by atoms with E-state index in [0.717, 1.165) is 5.56 Å². The number of amides is 1. The molecule has 2 N–H and O–H groups in total. The third kappa shape index (κ3) is 6.73. The Hall–Kier alpha value is -3.05. The molecule has 0 aliphatic rings. The quantitative estimate of drug-likeness (QED) is 0.207. The molecule has 0 aliphatic carbocycles. The molecule has 1 amide bonds. The Balaban J connectivity index is 1.58. The van der Waals surface area contributed by atoms with Crippen molar-refractivity contribution in [2.45, 2.75) is 37.4 Å². The Labute approximate surface area is 205 Å². The molecule has 0 spiro atoms. The van der Waals surface area contributed by atoms with Gasteiger partial charge in [0.15, 0.2) is 16.7 Å². The van der Waals surface area contributed by atoms with Crippen molar-refractivity contribution in [1.82, 2.24) is 14.9 Å². The van der Waals surface area contributed by atoms with Crippen LogP contribution in [0.2, 0.25) is 0 Å². The molecule has 0 saturated heterocycles. The van der Waals surface area contributed by atoms with Crippen molar-refractivity contribution in [3.8, 4) is 11.5 Å². The SMILES string of the molecule is COc1ccc(CCNC(=O)CSc2nc3ccsc3c(=O)n2CCCCC(=O)O)cc1OC. The lowest BCUT2D eigenvalue weighted by molar-refractivity contribution is -0.137. The van der Waals surface area contributed by atoms with Crippen LogP contribution >= 0.6 is 23.1 Å². The van der Waals surface area contributed by atoms with Crippen LogP contribution in [0.25, 0.3) is 10.2 Å². The summed E-state index contributed by atoms with van der Waals surface area (Å²) < 4.78 is 12.6. The average molecular weight is 506 g/mol. The zero-order valence-corrected chi connectivity index (χ0v) is 20.7. The Kier molecular flexibility index (Phi) is 9.34. The van der Waals surface area contributed by atoms with Gasteiger partial charge in [-0.2, -0.15) is 0 Å². The molecule has 3 rings (SSSR count). The van der Waals surface area contributed by atoms with Crippen LogP contribution < -0.4 is 20.3 Å². The zero-order chi connectivity index (χ0) is 24.5. The fourth-order valence-electron chi connectivity index (χ4n) is 3.34. The summed E-state index contributed by atoms with van der Waals surface area (Å²) in [5.74, 6) is 0.373. The number of thioether (sulfide) groups is 1. The third-order valence-corrected chi connectivity index (χ3v) is 6.94. The predicted octanol–water partition coefficient (Wildman–Crippen LogP) is 3.18. The normalized spacial score (nSPS) is 10.9. The summed E-state index contributed by atoms with van der Waals surface area (Å²) in [6.07, 6.45) is 1.68. The van der Waals surface area contributed by atoms with Crippen molar-refractivity contribution in [2.24, 2.45) is 0 Å². The summed E-state index contributed by atoms with van der Waals surface area (Å²) in [6, 6.07) is 7.41. The summed E-state index contributed by atoms with van der Waals surface area (Å²) in [5, 5.41) is 14.0. The van der Waals surface area contributed by atoms with Gasteiger partial charge in [-0.1, -0.05) is 17.8 Å². The van der Waals surface area contributed by atoms with Crippen molar-refractivity contribution in [3.63, 3.8) is 0 Å². The van der Waals surface area contributed by atoms with Gasteiger partial charge in [0, 0.05) is 19.5 Å². The molecular weight excluding hydrogens is 478 g/mol. The van der Waals surface area contributed by atoms with E-state index in [1.54, 1.807) is 24.9 Å². The Morgan fingerprint density at radius 3 is 2.71 bits per heavy atom. The highest BCUT2D eigenvalue weighted by Gasteiger charge is 2.14. The van der Waals surface area contributed by atoms with Gasteiger partial charge in [-0.25, -0.2) is 4.98 Å². The second-order valence-electron chi connectivity index (χ2n) is 7.41. The van der Waals surface area contributed by atoms with E-state index < -0.39 is 5.97 Å². The molecule has 0 atom stereocenters. The maximum atomic E-state index is 12.9. The Morgan fingerprint density at radius 2 is 1.97 bits per heavy atom. The topological polar surface area (TPSA) is 120 Å². The van der Waals surface area contributed by atoms with E-state index >= 15 is 0 Å². The highest BCUT2D eigenvalue weighted by molar-refractivity contribution is 7.99. The van der Waals surface area contributed by atoms with Gasteiger partial charge in [-0.15, -0.1) is 11.3 Å². The maximum Gasteiger partial charge on any atom is 0.303 e. The predicted molar refractivity (Wildman–Crippen MR) is 132 cm³/mol. The first-order valence-corrected chi connectivity index (χ1v) is 12.6. The number of aromatic nitrogens is 2. The van der Waals surface area contributed by atoms with Crippen LogP contribution in [0.15, 0.2) is 39.6 Å². The maximum absolute atomic E-state index is 12.9. The molecule has 9 nitrogen and oxygen atoms in total. The number of carbonyl (C=O) groups is 2. The number of methoxy groups -OCH3 is 2. The van der Waals surface area contributed by atoms with Gasteiger partial charge in [0.05, 0.1) is 25.5 Å². The van der Waals surface area contributed by atoms with Crippen LogP contribution in [0.5, 0.6) is 11.5 Å². The van der Waals surface area contributed by atoms with E-state index in [0.29, 0.717) is 59.2 Å². The fraction of sp³-hybridized carbons (Fsp3) is 0.391. The summed E-state index contributed by atoms with van der Waals surface area (Å²) in [6.45, 7) is 0.810. The fourth-order valence-corrected chi connectivity index (χ4v) is 4.97. The average Bonchev–Trinajstić information content (AvgIpc) is 3.30. The number of carboxylic acids is 1. The van der Waals surface area contributed by atoms with E-state index in [1.807, 2.05) is 23.6 Å². The number of carbonyl (C=O) groups excluding carboxylic acids is 1. The third-order valence-electron chi connectivity index (χ3n) is 5.07. The van der Waals surface area contributed by atoms with Crippen LogP contribution in [-0.4, -0.2) is 53.1 Å². The molecule has 2 aromatic heterocycles. The first kappa shape index (κ1) is 25.6. The molecule has 0 fully saturated rings. The number of aliphatic carboxylic acids is 1. The highest BCUT2D eigenvalue weighted by atomic mass is 32.2. The van der Waals surface area contributed by atoms with E-state index in [-0.39, 0.29) is 23.6 Å². The van der Waals surface area contributed by atoms with Crippen molar-refractivity contribution in [1.29, 1.82) is 0 Å². The minimum Gasteiger partial charge on any atom is -0.493 e. The van der Waals surface area contributed by atoms with Gasteiger partial charge in [-0.05, 0) is 48.4 Å². The number of unbranched alkanes of at least 4 members (excludes halogenated alkanes) is 1. The second kappa shape index (κ2) is 12.4. The van der Waals surface area contributed by atoms with Crippen molar-refractivity contribution in [3.05, 3.63) is 45.6 Å². The van der Waals surface area contributed by atoms with Crippen molar-refractivity contribution < 1.29 is 24.2 Å². The summed E-state index contributed by atoms with van der Waals surface area (Å²) in [4.78, 5) is 40.6. The van der Waals surface area contributed by atoms with Gasteiger partial charge in [0.1, 0.15) is 4.70 Å². The lowest BCUT2D eigenvalue weighted by Crippen LogP contribution is -2.28. The molecule has 11 heteroatoms. The molecule has 3 aromatic rings. The number of ether oxygens (including phenoxy) is 2. The number of nitrogens with one attached hydrogen (secondary N) is 1. The van der Waals surface area contributed by atoms with Crippen LogP contribution in [0.3, 0.4) is 0 Å². The van der Waals surface area contributed by atoms with Gasteiger partial charge in [0.2, 0.25) is 5.91 Å². The molecule has 0 aliphatic heterocycles. The smallest absolute Gasteiger partial charge is 0.303 e. The molecule has 0 radical (unpaired) electrons. The Bertz CT molecular complexity index is 1210. The minimum atomic E-state index is -0.862. The van der Waals surface area contributed by atoms with Gasteiger partial charge in [-0.3, -0.25) is 19.0 Å². The monoisotopic (exact) mass is 505 g/mol. The van der Waals surface area contributed by atoms with Crippen LogP contribution in [0.4, 0.5) is 0 Å².